The number of ether oxygens (including phenoxy) is 2. The molecule has 0 heterocycles. The number of hydrogen-bond donors (Lipinski definition) is 0. The minimum atomic E-state index is -4.04. The first-order chi connectivity index (χ1) is 14.3. The second-order valence-corrected chi connectivity index (χ2v) is 8.77. The van der Waals surface area contributed by atoms with E-state index in [2.05, 4.69) is 0 Å². The van der Waals surface area contributed by atoms with Crippen LogP contribution in [0.5, 0.6) is 11.5 Å². The standard InChI is InChI=1S/C22H21ClFNO4S/c1-15(16-4-6-17(23)7-5-16)25(19-10-13-21(28-2)22(14-19)29-3)30(26,27)20-11-8-18(24)9-12-20/h4-15H,1-3H3. The van der Waals surface area contributed by atoms with E-state index in [1.54, 1.807) is 49.4 Å². The van der Waals surface area contributed by atoms with Gasteiger partial charge >= 0.3 is 0 Å². The van der Waals surface area contributed by atoms with Gasteiger partial charge in [-0.25, -0.2) is 12.8 Å². The molecule has 3 rings (SSSR count). The van der Waals surface area contributed by atoms with Crippen LogP contribution < -0.4 is 13.8 Å². The Morgan fingerprint density at radius 3 is 2.07 bits per heavy atom. The molecule has 0 spiro atoms. The van der Waals surface area contributed by atoms with Crippen LogP contribution in [0, 0.1) is 5.82 Å². The SMILES string of the molecule is COc1ccc(N(C(C)c2ccc(Cl)cc2)S(=O)(=O)c2ccc(F)cc2)cc1OC. The Morgan fingerprint density at radius 1 is 0.900 bits per heavy atom. The van der Waals surface area contributed by atoms with E-state index in [1.165, 1.54) is 30.7 Å². The summed E-state index contributed by atoms with van der Waals surface area (Å²) >= 11 is 5.99. The average Bonchev–Trinajstić information content (AvgIpc) is 2.74. The Kier molecular flexibility index (Phi) is 6.53. The summed E-state index contributed by atoms with van der Waals surface area (Å²) in [5, 5.41) is 0.546. The van der Waals surface area contributed by atoms with Crippen molar-refractivity contribution in [3.63, 3.8) is 0 Å². The zero-order chi connectivity index (χ0) is 21.9. The Hall–Kier alpha value is -2.77. The zero-order valence-electron chi connectivity index (χ0n) is 16.7. The van der Waals surface area contributed by atoms with Crippen LogP contribution in [0.1, 0.15) is 18.5 Å². The van der Waals surface area contributed by atoms with Crippen LogP contribution in [0.3, 0.4) is 0 Å². The Balaban J connectivity index is 2.18. The molecule has 0 aliphatic carbocycles. The first-order valence-electron chi connectivity index (χ1n) is 9.05. The van der Waals surface area contributed by atoms with Crippen LogP contribution in [0.2, 0.25) is 5.02 Å². The highest BCUT2D eigenvalue weighted by Crippen LogP contribution is 2.38. The molecule has 0 saturated carbocycles. The molecule has 0 fully saturated rings. The minimum absolute atomic E-state index is 0.0282. The van der Waals surface area contributed by atoms with E-state index >= 15 is 0 Å². The molecule has 0 saturated heterocycles. The van der Waals surface area contributed by atoms with Crippen molar-refractivity contribution in [2.24, 2.45) is 0 Å². The maximum Gasteiger partial charge on any atom is 0.264 e. The smallest absolute Gasteiger partial charge is 0.264 e. The van der Waals surface area contributed by atoms with Crippen LogP contribution in [0.25, 0.3) is 0 Å². The predicted octanol–water partition coefficient (Wildman–Crippen LogP) is 5.45. The fraction of sp³-hybridized carbons (Fsp3) is 0.182. The molecule has 0 amide bonds. The summed E-state index contributed by atoms with van der Waals surface area (Å²) in [5.74, 6) is 0.342. The van der Waals surface area contributed by atoms with Gasteiger partial charge in [-0.2, -0.15) is 0 Å². The number of hydrogen-bond acceptors (Lipinski definition) is 4. The van der Waals surface area contributed by atoms with E-state index in [1.807, 2.05) is 0 Å². The van der Waals surface area contributed by atoms with Gasteiger partial charge < -0.3 is 9.47 Å². The molecule has 30 heavy (non-hydrogen) atoms. The quantitative estimate of drug-likeness (QED) is 0.481. The first kappa shape index (κ1) is 21.9. The van der Waals surface area contributed by atoms with Gasteiger partial charge in [-0.3, -0.25) is 4.31 Å². The molecular formula is C22H21ClFNO4S. The van der Waals surface area contributed by atoms with E-state index in [9.17, 15) is 12.8 Å². The third kappa shape index (κ3) is 4.37. The van der Waals surface area contributed by atoms with E-state index in [0.29, 0.717) is 22.2 Å². The van der Waals surface area contributed by atoms with E-state index in [-0.39, 0.29) is 4.90 Å². The summed E-state index contributed by atoms with van der Waals surface area (Å²) in [6, 6.07) is 15.9. The molecule has 1 atom stereocenters. The monoisotopic (exact) mass is 449 g/mol. The van der Waals surface area contributed by atoms with E-state index < -0.39 is 21.9 Å². The van der Waals surface area contributed by atoms with Crippen molar-refractivity contribution in [3.05, 3.63) is 83.1 Å². The van der Waals surface area contributed by atoms with Gasteiger partial charge in [-0.15, -0.1) is 0 Å². The summed E-state index contributed by atoms with van der Waals surface area (Å²) in [4.78, 5) is -0.0282. The second kappa shape index (κ2) is 8.93. The number of nitrogens with zero attached hydrogens (tertiary/aromatic N) is 1. The first-order valence-corrected chi connectivity index (χ1v) is 10.9. The van der Waals surface area contributed by atoms with Gasteiger partial charge in [0.1, 0.15) is 5.82 Å². The highest BCUT2D eigenvalue weighted by molar-refractivity contribution is 7.92. The van der Waals surface area contributed by atoms with Gasteiger partial charge in [0.25, 0.3) is 10.0 Å². The van der Waals surface area contributed by atoms with Gasteiger partial charge in [0.2, 0.25) is 0 Å². The maximum absolute atomic E-state index is 13.6. The molecule has 0 bridgehead atoms. The van der Waals surface area contributed by atoms with Gasteiger partial charge in [0.15, 0.2) is 11.5 Å². The largest absolute Gasteiger partial charge is 0.493 e. The molecular weight excluding hydrogens is 429 g/mol. The maximum atomic E-state index is 13.6. The second-order valence-electron chi connectivity index (χ2n) is 6.52. The van der Waals surface area contributed by atoms with Crippen LogP contribution >= 0.6 is 11.6 Å². The molecule has 1 unspecified atom stereocenters. The number of methoxy groups -OCH3 is 2. The number of sulfonamides is 1. The number of rotatable bonds is 7. The van der Waals surface area contributed by atoms with Crippen molar-refractivity contribution in [1.82, 2.24) is 0 Å². The van der Waals surface area contributed by atoms with E-state index in [4.69, 9.17) is 21.1 Å². The third-order valence-corrected chi connectivity index (χ3v) is 6.86. The number of benzene rings is 3. The lowest BCUT2D eigenvalue weighted by Crippen LogP contribution is -2.33. The molecule has 3 aromatic carbocycles. The lowest BCUT2D eigenvalue weighted by atomic mass is 10.1. The molecule has 0 aliphatic heterocycles. The van der Waals surface area contributed by atoms with Crippen molar-refractivity contribution in [3.8, 4) is 11.5 Å². The Bertz CT molecular complexity index is 1120. The van der Waals surface area contributed by atoms with Crippen molar-refractivity contribution in [2.45, 2.75) is 17.9 Å². The summed E-state index contributed by atoms with van der Waals surface area (Å²) in [5.41, 5.74) is 1.11. The summed E-state index contributed by atoms with van der Waals surface area (Å²) in [6.45, 7) is 1.76. The van der Waals surface area contributed by atoms with Crippen molar-refractivity contribution < 1.29 is 22.3 Å². The lowest BCUT2D eigenvalue weighted by Gasteiger charge is -2.31. The number of halogens is 2. The topological polar surface area (TPSA) is 55.8 Å². The zero-order valence-corrected chi connectivity index (χ0v) is 18.2. The summed E-state index contributed by atoms with van der Waals surface area (Å²) in [6.07, 6.45) is 0. The molecule has 0 aliphatic rings. The lowest BCUT2D eigenvalue weighted by molar-refractivity contribution is 0.355. The Morgan fingerprint density at radius 2 is 1.50 bits per heavy atom. The van der Waals surface area contributed by atoms with Crippen LogP contribution in [0.4, 0.5) is 10.1 Å². The molecule has 8 heteroatoms. The van der Waals surface area contributed by atoms with Gasteiger partial charge in [-0.05, 0) is 61.0 Å². The molecule has 158 valence electrons. The highest BCUT2D eigenvalue weighted by Gasteiger charge is 2.31. The summed E-state index contributed by atoms with van der Waals surface area (Å²) < 4.78 is 52.4. The molecule has 3 aromatic rings. The normalized spacial score (nSPS) is 12.3. The van der Waals surface area contributed by atoms with Crippen LogP contribution in [-0.2, 0) is 10.0 Å². The molecule has 0 radical (unpaired) electrons. The van der Waals surface area contributed by atoms with Crippen molar-refractivity contribution in [1.29, 1.82) is 0 Å². The van der Waals surface area contributed by atoms with Crippen molar-refractivity contribution >= 4 is 27.3 Å². The Labute approximate surface area is 180 Å². The predicted molar refractivity (Wildman–Crippen MR) is 115 cm³/mol. The highest BCUT2D eigenvalue weighted by atomic mass is 35.5. The average molecular weight is 450 g/mol. The van der Waals surface area contributed by atoms with Crippen LogP contribution in [-0.4, -0.2) is 22.6 Å². The fourth-order valence-electron chi connectivity index (χ4n) is 3.13. The third-order valence-electron chi connectivity index (χ3n) is 4.70. The summed E-state index contributed by atoms with van der Waals surface area (Å²) in [7, 11) is -1.06. The van der Waals surface area contributed by atoms with Gasteiger partial charge in [0.05, 0.1) is 30.8 Å². The fourth-order valence-corrected chi connectivity index (χ4v) is 4.89. The molecule has 5 nitrogen and oxygen atoms in total. The van der Waals surface area contributed by atoms with Crippen molar-refractivity contribution in [2.75, 3.05) is 18.5 Å². The molecule has 0 N–H and O–H groups in total. The van der Waals surface area contributed by atoms with Crippen LogP contribution in [0.15, 0.2) is 71.6 Å². The van der Waals surface area contributed by atoms with E-state index in [0.717, 1.165) is 17.7 Å². The minimum Gasteiger partial charge on any atom is -0.493 e. The number of anilines is 1. The molecule has 0 aromatic heterocycles. The van der Waals surface area contributed by atoms with Gasteiger partial charge in [0, 0.05) is 11.1 Å². The van der Waals surface area contributed by atoms with Gasteiger partial charge in [-0.1, -0.05) is 23.7 Å².